The van der Waals surface area contributed by atoms with Gasteiger partial charge in [-0.3, -0.25) is 4.79 Å². The predicted octanol–water partition coefficient (Wildman–Crippen LogP) is 2.68. The molecule has 0 fully saturated rings. The summed E-state index contributed by atoms with van der Waals surface area (Å²) in [6, 6.07) is 2.09. The first-order valence-electron chi connectivity index (χ1n) is 7.33. The Kier molecular flexibility index (Phi) is 6.01. The Morgan fingerprint density at radius 3 is 2.90 bits per heavy atom. The molecular formula is C15H23NO3S. The Balaban J connectivity index is 1.89. The van der Waals surface area contributed by atoms with Crippen LogP contribution in [0.3, 0.4) is 0 Å². The molecule has 1 aliphatic rings. The van der Waals surface area contributed by atoms with Gasteiger partial charge in [0.15, 0.2) is 6.29 Å². The molecule has 2 rings (SSSR count). The van der Waals surface area contributed by atoms with E-state index in [0.29, 0.717) is 19.8 Å². The summed E-state index contributed by atoms with van der Waals surface area (Å²) < 4.78 is 10.9. The molecule has 0 bridgehead atoms. The summed E-state index contributed by atoms with van der Waals surface area (Å²) in [5, 5.41) is 5.05. The van der Waals surface area contributed by atoms with Crippen molar-refractivity contribution in [3.05, 3.63) is 21.9 Å². The Bertz CT molecular complexity index is 427. The number of hydrogen-bond donors (Lipinski definition) is 1. The van der Waals surface area contributed by atoms with Crippen LogP contribution in [0.25, 0.3) is 0 Å². The van der Waals surface area contributed by atoms with Crippen LogP contribution < -0.4 is 5.32 Å². The molecule has 0 saturated heterocycles. The maximum Gasteiger partial charge on any atom is 0.227 e. The molecule has 1 unspecified atom stereocenters. The summed E-state index contributed by atoms with van der Waals surface area (Å²) in [4.78, 5) is 13.7. The quantitative estimate of drug-likeness (QED) is 0.787. The van der Waals surface area contributed by atoms with Crippen LogP contribution in [0.4, 0.5) is 0 Å². The van der Waals surface area contributed by atoms with Crippen molar-refractivity contribution in [1.82, 2.24) is 5.32 Å². The summed E-state index contributed by atoms with van der Waals surface area (Å²) in [5.74, 6) is 0.0858. The fraction of sp³-hybridized carbons (Fsp3) is 0.667. The summed E-state index contributed by atoms with van der Waals surface area (Å²) >= 11 is 1.76. The molecule has 0 spiro atoms. The number of thiophene rings is 1. The summed E-state index contributed by atoms with van der Waals surface area (Å²) in [5.41, 5.74) is 1.21. The molecule has 0 aliphatic heterocycles. The highest BCUT2D eigenvalue weighted by molar-refractivity contribution is 7.10. The molecule has 0 aromatic carbocycles. The minimum Gasteiger partial charge on any atom is -0.351 e. The largest absolute Gasteiger partial charge is 0.351 e. The lowest BCUT2D eigenvalue weighted by Crippen LogP contribution is -2.38. The smallest absolute Gasteiger partial charge is 0.227 e. The van der Waals surface area contributed by atoms with Gasteiger partial charge in [-0.15, -0.1) is 11.3 Å². The van der Waals surface area contributed by atoms with Crippen molar-refractivity contribution < 1.29 is 14.3 Å². The molecule has 0 saturated carbocycles. The standard InChI is InChI=1S/C15H23NO3S/c1-3-18-14(19-4-2)10-16-15(17)12-6-5-7-13-11(12)8-9-20-13/h8-9,12,14H,3-7,10H2,1-2H3,(H,16,17). The average Bonchev–Trinajstić information content (AvgIpc) is 2.93. The molecule has 20 heavy (non-hydrogen) atoms. The molecular weight excluding hydrogens is 274 g/mol. The number of hydrogen-bond acceptors (Lipinski definition) is 4. The highest BCUT2D eigenvalue weighted by atomic mass is 32.1. The van der Waals surface area contributed by atoms with Crippen LogP contribution in [0.1, 0.15) is 43.0 Å². The molecule has 0 radical (unpaired) electrons. The zero-order valence-corrected chi connectivity index (χ0v) is 13.0. The molecule has 1 amide bonds. The molecule has 4 nitrogen and oxygen atoms in total. The second-order valence-corrected chi connectivity index (χ2v) is 5.83. The van der Waals surface area contributed by atoms with Crippen LogP contribution in [0.2, 0.25) is 0 Å². The minimum atomic E-state index is -0.348. The fourth-order valence-corrected chi connectivity index (χ4v) is 3.59. The second-order valence-electron chi connectivity index (χ2n) is 4.83. The van der Waals surface area contributed by atoms with Crippen molar-refractivity contribution in [2.45, 2.75) is 45.3 Å². The van der Waals surface area contributed by atoms with E-state index in [-0.39, 0.29) is 18.1 Å². The fourth-order valence-electron chi connectivity index (χ4n) is 2.60. The zero-order valence-electron chi connectivity index (χ0n) is 12.2. The van der Waals surface area contributed by atoms with Crippen molar-refractivity contribution in [1.29, 1.82) is 0 Å². The molecule has 1 aliphatic carbocycles. The lowest BCUT2D eigenvalue weighted by Gasteiger charge is -2.23. The number of carbonyl (C=O) groups excluding carboxylic acids is 1. The molecule has 1 atom stereocenters. The van der Waals surface area contributed by atoms with Crippen LogP contribution in [-0.2, 0) is 20.7 Å². The SMILES string of the molecule is CCOC(CNC(=O)C1CCCc2sccc21)OCC. The lowest BCUT2D eigenvalue weighted by molar-refractivity contribution is -0.141. The molecule has 5 heteroatoms. The van der Waals surface area contributed by atoms with Crippen LogP contribution in [0.15, 0.2) is 11.4 Å². The van der Waals surface area contributed by atoms with E-state index in [2.05, 4.69) is 16.8 Å². The van der Waals surface area contributed by atoms with Crippen molar-refractivity contribution in [3.8, 4) is 0 Å². The van der Waals surface area contributed by atoms with Gasteiger partial charge in [-0.05, 0) is 50.1 Å². The van der Waals surface area contributed by atoms with E-state index in [1.165, 1.54) is 10.4 Å². The van der Waals surface area contributed by atoms with Crippen LogP contribution in [0.5, 0.6) is 0 Å². The molecule has 1 aromatic heterocycles. The number of fused-ring (bicyclic) bond motifs is 1. The molecule has 1 heterocycles. The van der Waals surface area contributed by atoms with Gasteiger partial charge in [0.25, 0.3) is 0 Å². The lowest BCUT2D eigenvalue weighted by atomic mass is 9.87. The van der Waals surface area contributed by atoms with Crippen molar-refractivity contribution in [2.75, 3.05) is 19.8 Å². The predicted molar refractivity (Wildman–Crippen MR) is 80.0 cm³/mol. The highest BCUT2D eigenvalue weighted by Gasteiger charge is 2.27. The molecule has 1 N–H and O–H groups in total. The van der Waals surface area contributed by atoms with Gasteiger partial charge in [0.05, 0.1) is 12.5 Å². The Hall–Kier alpha value is -0.910. The number of nitrogens with one attached hydrogen (secondary N) is 1. The number of aryl methyl sites for hydroxylation is 1. The van der Waals surface area contributed by atoms with E-state index < -0.39 is 0 Å². The Morgan fingerprint density at radius 1 is 1.45 bits per heavy atom. The van der Waals surface area contributed by atoms with Gasteiger partial charge < -0.3 is 14.8 Å². The Labute approximate surface area is 124 Å². The van der Waals surface area contributed by atoms with Crippen molar-refractivity contribution in [2.24, 2.45) is 0 Å². The van der Waals surface area contributed by atoms with Gasteiger partial charge in [-0.2, -0.15) is 0 Å². The topological polar surface area (TPSA) is 47.6 Å². The maximum atomic E-state index is 12.4. The first-order valence-corrected chi connectivity index (χ1v) is 8.21. The van der Waals surface area contributed by atoms with Gasteiger partial charge in [0.2, 0.25) is 5.91 Å². The summed E-state index contributed by atoms with van der Waals surface area (Å²) in [6.07, 6.45) is 2.78. The number of amides is 1. The van der Waals surface area contributed by atoms with Crippen LogP contribution in [-0.4, -0.2) is 32.0 Å². The van der Waals surface area contributed by atoms with E-state index in [4.69, 9.17) is 9.47 Å². The van der Waals surface area contributed by atoms with Crippen molar-refractivity contribution >= 4 is 17.2 Å². The normalized spacial score (nSPS) is 18.1. The number of carbonyl (C=O) groups is 1. The van der Waals surface area contributed by atoms with Gasteiger partial charge in [0.1, 0.15) is 0 Å². The molecule has 112 valence electrons. The summed E-state index contributed by atoms with van der Waals surface area (Å²) in [6.45, 7) is 5.42. The van der Waals surface area contributed by atoms with Crippen molar-refractivity contribution in [3.63, 3.8) is 0 Å². The van der Waals surface area contributed by atoms with Gasteiger partial charge in [0, 0.05) is 18.1 Å². The first-order chi connectivity index (χ1) is 9.76. The van der Waals surface area contributed by atoms with E-state index in [1.54, 1.807) is 11.3 Å². The van der Waals surface area contributed by atoms with E-state index in [0.717, 1.165) is 19.3 Å². The van der Waals surface area contributed by atoms with Gasteiger partial charge >= 0.3 is 0 Å². The third kappa shape index (κ3) is 3.81. The highest BCUT2D eigenvalue weighted by Crippen LogP contribution is 2.34. The average molecular weight is 297 g/mol. The van der Waals surface area contributed by atoms with E-state index >= 15 is 0 Å². The number of ether oxygens (including phenoxy) is 2. The van der Waals surface area contributed by atoms with Crippen LogP contribution in [0, 0.1) is 0 Å². The van der Waals surface area contributed by atoms with Crippen LogP contribution >= 0.6 is 11.3 Å². The monoisotopic (exact) mass is 297 g/mol. The summed E-state index contributed by atoms with van der Waals surface area (Å²) in [7, 11) is 0. The zero-order chi connectivity index (χ0) is 14.4. The second kappa shape index (κ2) is 7.76. The third-order valence-electron chi connectivity index (χ3n) is 3.52. The van der Waals surface area contributed by atoms with Gasteiger partial charge in [-0.25, -0.2) is 0 Å². The Morgan fingerprint density at radius 2 is 2.20 bits per heavy atom. The molecule has 1 aromatic rings. The first kappa shape index (κ1) is 15.5. The minimum absolute atomic E-state index is 0.00565. The number of rotatable bonds is 7. The van der Waals surface area contributed by atoms with E-state index in [9.17, 15) is 4.79 Å². The third-order valence-corrected chi connectivity index (χ3v) is 4.51. The van der Waals surface area contributed by atoms with E-state index in [1.807, 2.05) is 13.8 Å². The maximum absolute atomic E-state index is 12.4. The van der Waals surface area contributed by atoms with Gasteiger partial charge in [-0.1, -0.05) is 0 Å².